The van der Waals surface area contributed by atoms with E-state index in [1.165, 1.54) is 16.8 Å². The zero-order chi connectivity index (χ0) is 15.3. The van der Waals surface area contributed by atoms with Crippen LogP contribution in [0.3, 0.4) is 0 Å². The molecule has 0 heterocycles. The normalized spacial score (nSPS) is 12.0. The number of rotatable bonds is 7. The molecule has 20 heavy (non-hydrogen) atoms. The monoisotopic (exact) mass is 278 g/mol. The van der Waals surface area contributed by atoms with E-state index < -0.39 is 5.60 Å². The SMILES string of the molecule is CCN(CC(C)(C)O)c1ccc(CNC(C)C)cc1C. The number of benzene rings is 1. The summed E-state index contributed by atoms with van der Waals surface area (Å²) >= 11 is 0. The molecule has 0 aromatic heterocycles. The Bertz CT molecular complexity index is 421. The van der Waals surface area contributed by atoms with E-state index in [1.54, 1.807) is 0 Å². The van der Waals surface area contributed by atoms with Gasteiger partial charge in [0.25, 0.3) is 0 Å². The predicted molar refractivity (Wildman–Crippen MR) is 87.3 cm³/mol. The summed E-state index contributed by atoms with van der Waals surface area (Å²) in [4.78, 5) is 2.23. The Hall–Kier alpha value is -1.06. The molecule has 0 aliphatic heterocycles. The van der Waals surface area contributed by atoms with Crippen LogP contribution in [-0.4, -0.2) is 29.8 Å². The van der Waals surface area contributed by atoms with Crippen LogP contribution < -0.4 is 10.2 Å². The van der Waals surface area contributed by atoms with E-state index in [4.69, 9.17) is 0 Å². The summed E-state index contributed by atoms with van der Waals surface area (Å²) in [7, 11) is 0. The Labute approximate surface area is 124 Å². The molecule has 0 unspecified atom stereocenters. The molecule has 3 nitrogen and oxygen atoms in total. The molecule has 0 spiro atoms. The Morgan fingerprint density at radius 3 is 2.40 bits per heavy atom. The maximum absolute atomic E-state index is 10.0. The molecule has 1 aromatic carbocycles. The van der Waals surface area contributed by atoms with Gasteiger partial charge in [0, 0.05) is 31.4 Å². The molecule has 0 aliphatic carbocycles. The summed E-state index contributed by atoms with van der Waals surface area (Å²) in [6.07, 6.45) is 0. The zero-order valence-electron chi connectivity index (χ0n) is 13.8. The minimum atomic E-state index is -0.680. The molecule has 2 N–H and O–H groups in total. The lowest BCUT2D eigenvalue weighted by Gasteiger charge is -2.31. The molecule has 0 radical (unpaired) electrons. The first-order valence-corrected chi connectivity index (χ1v) is 7.53. The highest BCUT2D eigenvalue weighted by Crippen LogP contribution is 2.23. The topological polar surface area (TPSA) is 35.5 Å². The van der Waals surface area contributed by atoms with E-state index in [2.05, 4.69) is 56.1 Å². The largest absolute Gasteiger partial charge is 0.389 e. The van der Waals surface area contributed by atoms with Crippen LogP contribution in [0.25, 0.3) is 0 Å². The number of aliphatic hydroxyl groups is 1. The zero-order valence-corrected chi connectivity index (χ0v) is 13.8. The number of nitrogens with zero attached hydrogens (tertiary/aromatic N) is 1. The highest BCUT2D eigenvalue weighted by Gasteiger charge is 2.18. The van der Waals surface area contributed by atoms with Crippen molar-refractivity contribution in [3.8, 4) is 0 Å². The van der Waals surface area contributed by atoms with E-state index in [1.807, 2.05) is 13.8 Å². The van der Waals surface area contributed by atoms with Crippen molar-refractivity contribution in [3.63, 3.8) is 0 Å². The third kappa shape index (κ3) is 5.51. The second-order valence-corrected chi connectivity index (χ2v) is 6.48. The minimum Gasteiger partial charge on any atom is -0.389 e. The van der Waals surface area contributed by atoms with Gasteiger partial charge in [-0.2, -0.15) is 0 Å². The van der Waals surface area contributed by atoms with Crippen molar-refractivity contribution in [1.82, 2.24) is 5.32 Å². The predicted octanol–water partition coefficient (Wildman–Crippen LogP) is 3.09. The van der Waals surface area contributed by atoms with E-state index in [0.29, 0.717) is 12.6 Å². The second-order valence-electron chi connectivity index (χ2n) is 6.48. The Kier molecular flexibility index (Phi) is 6.03. The van der Waals surface area contributed by atoms with Crippen molar-refractivity contribution in [2.24, 2.45) is 0 Å². The van der Waals surface area contributed by atoms with Crippen LogP contribution in [0.5, 0.6) is 0 Å². The van der Waals surface area contributed by atoms with Crippen LogP contribution in [0, 0.1) is 6.92 Å². The average Bonchev–Trinajstić information content (AvgIpc) is 2.33. The van der Waals surface area contributed by atoms with Gasteiger partial charge in [-0.25, -0.2) is 0 Å². The number of hydrogen-bond acceptors (Lipinski definition) is 3. The summed E-state index contributed by atoms with van der Waals surface area (Å²) in [5.41, 5.74) is 3.10. The van der Waals surface area contributed by atoms with Crippen molar-refractivity contribution in [1.29, 1.82) is 0 Å². The quantitative estimate of drug-likeness (QED) is 0.804. The molecule has 0 fully saturated rings. The third-order valence-corrected chi connectivity index (χ3v) is 3.28. The lowest BCUT2D eigenvalue weighted by atomic mass is 10.1. The molecule has 0 saturated carbocycles. The lowest BCUT2D eigenvalue weighted by Crippen LogP contribution is -2.39. The molecule has 0 atom stereocenters. The number of anilines is 1. The van der Waals surface area contributed by atoms with Gasteiger partial charge in [-0.05, 0) is 44.9 Å². The maximum atomic E-state index is 10.0. The fraction of sp³-hybridized carbons (Fsp3) is 0.647. The summed E-state index contributed by atoms with van der Waals surface area (Å²) in [5, 5.41) is 13.5. The molecule has 0 saturated heterocycles. The van der Waals surface area contributed by atoms with Gasteiger partial charge >= 0.3 is 0 Å². The van der Waals surface area contributed by atoms with E-state index in [-0.39, 0.29) is 0 Å². The second kappa shape index (κ2) is 7.09. The van der Waals surface area contributed by atoms with Crippen LogP contribution in [-0.2, 0) is 6.54 Å². The third-order valence-electron chi connectivity index (χ3n) is 3.28. The first kappa shape index (κ1) is 17.0. The van der Waals surface area contributed by atoms with Crippen molar-refractivity contribution in [2.75, 3.05) is 18.0 Å². The molecular formula is C17H30N2O. The Morgan fingerprint density at radius 1 is 1.30 bits per heavy atom. The van der Waals surface area contributed by atoms with Crippen LogP contribution in [0.15, 0.2) is 18.2 Å². The van der Waals surface area contributed by atoms with Crippen LogP contribution in [0.4, 0.5) is 5.69 Å². The van der Waals surface area contributed by atoms with Gasteiger partial charge in [-0.3, -0.25) is 0 Å². The van der Waals surface area contributed by atoms with Gasteiger partial charge in [0.05, 0.1) is 5.60 Å². The number of hydrogen-bond donors (Lipinski definition) is 2. The number of aryl methyl sites for hydroxylation is 1. The van der Waals surface area contributed by atoms with Gasteiger partial charge in [0.15, 0.2) is 0 Å². The summed E-state index contributed by atoms with van der Waals surface area (Å²) < 4.78 is 0. The van der Waals surface area contributed by atoms with Gasteiger partial charge in [-0.15, -0.1) is 0 Å². The maximum Gasteiger partial charge on any atom is 0.0765 e. The van der Waals surface area contributed by atoms with E-state index in [9.17, 15) is 5.11 Å². The van der Waals surface area contributed by atoms with Crippen molar-refractivity contribution in [2.45, 2.75) is 59.7 Å². The lowest BCUT2D eigenvalue weighted by molar-refractivity contribution is 0.0876. The molecule has 0 aliphatic rings. The highest BCUT2D eigenvalue weighted by molar-refractivity contribution is 5.54. The van der Waals surface area contributed by atoms with Gasteiger partial charge in [0.1, 0.15) is 0 Å². The smallest absolute Gasteiger partial charge is 0.0765 e. The molecule has 1 rings (SSSR count). The average molecular weight is 278 g/mol. The highest BCUT2D eigenvalue weighted by atomic mass is 16.3. The van der Waals surface area contributed by atoms with E-state index in [0.717, 1.165) is 13.1 Å². The first-order chi connectivity index (χ1) is 9.23. The van der Waals surface area contributed by atoms with Gasteiger partial charge < -0.3 is 15.3 Å². The van der Waals surface area contributed by atoms with Gasteiger partial charge in [0.2, 0.25) is 0 Å². The summed E-state index contributed by atoms with van der Waals surface area (Å²) in [6.45, 7) is 14.7. The van der Waals surface area contributed by atoms with Gasteiger partial charge in [-0.1, -0.05) is 26.0 Å². The molecule has 114 valence electrons. The molecule has 0 amide bonds. The molecular weight excluding hydrogens is 248 g/mol. The minimum absolute atomic E-state index is 0.498. The number of likely N-dealkylation sites (N-methyl/N-ethyl adjacent to an activating group) is 1. The Morgan fingerprint density at radius 2 is 1.95 bits per heavy atom. The van der Waals surface area contributed by atoms with Crippen molar-refractivity contribution < 1.29 is 5.11 Å². The van der Waals surface area contributed by atoms with Crippen LogP contribution in [0.2, 0.25) is 0 Å². The van der Waals surface area contributed by atoms with Crippen LogP contribution >= 0.6 is 0 Å². The Balaban J connectivity index is 2.85. The fourth-order valence-electron chi connectivity index (χ4n) is 2.34. The fourth-order valence-corrected chi connectivity index (χ4v) is 2.34. The molecule has 3 heteroatoms. The first-order valence-electron chi connectivity index (χ1n) is 7.53. The van der Waals surface area contributed by atoms with Crippen molar-refractivity contribution in [3.05, 3.63) is 29.3 Å². The van der Waals surface area contributed by atoms with Crippen molar-refractivity contribution >= 4 is 5.69 Å². The summed E-state index contributed by atoms with van der Waals surface area (Å²) in [6, 6.07) is 7.07. The van der Waals surface area contributed by atoms with Crippen LogP contribution in [0.1, 0.15) is 45.7 Å². The standard InChI is InChI=1S/C17H30N2O/c1-7-19(12-17(5,6)20)16-9-8-15(10-14(16)4)11-18-13(2)3/h8-10,13,18,20H,7,11-12H2,1-6H3. The summed E-state index contributed by atoms with van der Waals surface area (Å²) in [5.74, 6) is 0. The molecule has 0 bridgehead atoms. The number of nitrogens with one attached hydrogen (secondary N) is 1. The van der Waals surface area contributed by atoms with E-state index >= 15 is 0 Å². The molecule has 1 aromatic rings.